The first-order valence-corrected chi connectivity index (χ1v) is 9.74. The van der Waals surface area contributed by atoms with Crippen molar-refractivity contribution in [3.8, 4) is 0 Å². The molecular weight excluding hydrogens is 331 g/mol. The van der Waals surface area contributed by atoms with Crippen molar-refractivity contribution < 1.29 is 12.8 Å². The summed E-state index contributed by atoms with van der Waals surface area (Å²) in [6.07, 6.45) is 0.613. The zero-order chi connectivity index (χ0) is 18.0. The zero-order valence-electron chi connectivity index (χ0n) is 14.5. The number of nitrogens with zero attached hydrogens (tertiary/aromatic N) is 2. The number of benzene rings is 1. The molecule has 24 heavy (non-hydrogen) atoms. The molecule has 1 aromatic carbocycles. The maximum absolute atomic E-state index is 13.3. The van der Waals surface area contributed by atoms with Gasteiger partial charge in [-0.2, -0.15) is 0 Å². The SMILES string of the molecule is CCNC(=NCCCNS(=O)(=O)CC)N(C)Cc1cccc(F)c1. The highest BCUT2D eigenvalue weighted by molar-refractivity contribution is 7.89. The van der Waals surface area contributed by atoms with Crippen molar-refractivity contribution in [2.75, 3.05) is 32.4 Å². The molecule has 2 N–H and O–H groups in total. The Hall–Kier alpha value is -1.67. The van der Waals surface area contributed by atoms with E-state index in [0.29, 0.717) is 32.0 Å². The molecule has 1 rings (SSSR count). The molecule has 0 radical (unpaired) electrons. The molecule has 0 aliphatic heterocycles. The van der Waals surface area contributed by atoms with Crippen LogP contribution in [-0.2, 0) is 16.6 Å². The van der Waals surface area contributed by atoms with Gasteiger partial charge in [-0.3, -0.25) is 4.99 Å². The number of rotatable bonds is 9. The largest absolute Gasteiger partial charge is 0.357 e. The van der Waals surface area contributed by atoms with E-state index < -0.39 is 10.0 Å². The summed E-state index contributed by atoms with van der Waals surface area (Å²) in [6, 6.07) is 6.46. The van der Waals surface area contributed by atoms with Crippen molar-refractivity contribution in [2.24, 2.45) is 4.99 Å². The van der Waals surface area contributed by atoms with Crippen LogP contribution in [0.1, 0.15) is 25.8 Å². The van der Waals surface area contributed by atoms with Crippen LogP contribution < -0.4 is 10.0 Å². The second-order valence-corrected chi connectivity index (χ2v) is 7.47. The lowest BCUT2D eigenvalue weighted by atomic mass is 10.2. The van der Waals surface area contributed by atoms with Gasteiger partial charge in [0.15, 0.2) is 5.96 Å². The fourth-order valence-electron chi connectivity index (χ4n) is 2.05. The Morgan fingerprint density at radius 3 is 2.71 bits per heavy atom. The second kappa shape index (κ2) is 10.2. The molecule has 0 aliphatic rings. The lowest BCUT2D eigenvalue weighted by Crippen LogP contribution is -2.38. The van der Waals surface area contributed by atoms with E-state index in [1.807, 2.05) is 24.9 Å². The number of guanidine groups is 1. The highest BCUT2D eigenvalue weighted by Gasteiger charge is 2.08. The van der Waals surface area contributed by atoms with Gasteiger partial charge in [-0.05, 0) is 38.0 Å². The molecule has 0 amide bonds. The van der Waals surface area contributed by atoms with Gasteiger partial charge in [0.05, 0.1) is 5.75 Å². The number of hydrogen-bond acceptors (Lipinski definition) is 3. The number of halogens is 1. The molecule has 0 unspecified atom stereocenters. The topological polar surface area (TPSA) is 73.8 Å². The number of nitrogens with one attached hydrogen (secondary N) is 2. The molecule has 0 spiro atoms. The summed E-state index contributed by atoms with van der Waals surface area (Å²) < 4.78 is 38.5. The van der Waals surface area contributed by atoms with E-state index in [0.717, 1.165) is 12.1 Å². The highest BCUT2D eigenvalue weighted by Crippen LogP contribution is 2.06. The van der Waals surface area contributed by atoms with Crippen molar-refractivity contribution in [3.63, 3.8) is 0 Å². The summed E-state index contributed by atoms with van der Waals surface area (Å²) in [4.78, 5) is 6.39. The minimum absolute atomic E-state index is 0.0787. The predicted molar refractivity (Wildman–Crippen MR) is 95.9 cm³/mol. The first kappa shape index (κ1) is 20.4. The Labute approximate surface area is 144 Å². The van der Waals surface area contributed by atoms with Crippen molar-refractivity contribution in [2.45, 2.75) is 26.8 Å². The van der Waals surface area contributed by atoms with Crippen molar-refractivity contribution >= 4 is 16.0 Å². The predicted octanol–water partition coefficient (Wildman–Crippen LogP) is 1.55. The van der Waals surface area contributed by atoms with Crippen molar-refractivity contribution in [3.05, 3.63) is 35.6 Å². The number of sulfonamides is 1. The maximum Gasteiger partial charge on any atom is 0.211 e. The zero-order valence-corrected chi connectivity index (χ0v) is 15.4. The van der Waals surface area contributed by atoms with Gasteiger partial charge in [-0.1, -0.05) is 12.1 Å². The first-order valence-electron chi connectivity index (χ1n) is 8.09. The van der Waals surface area contributed by atoms with Gasteiger partial charge in [0, 0.05) is 33.2 Å². The molecule has 0 bridgehead atoms. The van der Waals surface area contributed by atoms with Crippen LogP contribution in [0.5, 0.6) is 0 Å². The average Bonchev–Trinajstić information content (AvgIpc) is 2.53. The van der Waals surface area contributed by atoms with Gasteiger partial charge in [-0.25, -0.2) is 17.5 Å². The van der Waals surface area contributed by atoms with Crippen LogP contribution in [-0.4, -0.2) is 51.7 Å². The Morgan fingerprint density at radius 2 is 2.08 bits per heavy atom. The summed E-state index contributed by atoms with van der Waals surface area (Å²) in [5, 5.41) is 3.18. The quantitative estimate of drug-likeness (QED) is 0.399. The molecule has 0 aliphatic carbocycles. The minimum Gasteiger partial charge on any atom is -0.357 e. The van der Waals surface area contributed by atoms with Crippen molar-refractivity contribution in [1.29, 1.82) is 0 Å². The Kier molecular flexibility index (Phi) is 8.70. The van der Waals surface area contributed by atoms with Crippen LogP contribution in [0.4, 0.5) is 4.39 Å². The van der Waals surface area contributed by atoms with Crippen molar-refractivity contribution in [1.82, 2.24) is 14.9 Å². The van der Waals surface area contributed by atoms with E-state index in [1.165, 1.54) is 12.1 Å². The van der Waals surface area contributed by atoms with Crippen LogP contribution in [0.15, 0.2) is 29.3 Å². The smallest absolute Gasteiger partial charge is 0.211 e. The van der Waals surface area contributed by atoms with Crippen LogP contribution in [0, 0.1) is 5.82 Å². The third kappa shape index (κ3) is 7.74. The summed E-state index contributed by atoms with van der Waals surface area (Å²) in [6.45, 7) is 5.70. The van der Waals surface area contributed by atoms with Crippen LogP contribution in [0.25, 0.3) is 0 Å². The minimum atomic E-state index is -3.15. The van der Waals surface area contributed by atoms with Crippen LogP contribution in [0.2, 0.25) is 0 Å². The third-order valence-corrected chi connectivity index (χ3v) is 4.71. The number of aliphatic imine (C=N–C) groups is 1. The molecule has 1 aromatic rings. The Morgan fingerprint density at radius 1 is 1.33 bits per heavy atom. The standard InChI is InChI=1S/C16H27FN4O2S/c1-4-18-16(19-10-7-11-20-24(22,23)5-2)21(3)13-14-8-6-9-15(17)12-14/h6,8-9,12,20H,4-5,7,10-11,13H2,1-3H3,(H,18,19). The maximum atomic E-state index is 13.3. The van der Waals surface area contributed by atoms with E-state index >= 15 is 0 Å². The lowest BCUT2D eigenvalue weighted by Gasteiger charge is -2.22. The molecule has 8 heteroatoms. The van der Waals surface area contributed by atoms with E-state index in [4.69, 9.17) is 0 Å². The lowest BCUT2D eigenvalue weighted by molar-refractivity contribution is 0.474. The van der Waals surface area contributed by atoms with Gasteiger partial charge < -0.3 is 10.2 Å². The molecule has 0 saturated carbocycles. The van der Waals surface area contributed by atoms with Crippen LogP contribution >= 0.6 is 0 Å². The van der Waals surface area contributed by atoms with Gasteiger partial charge >= 0.3 is 0 Å². The van der Waals surface area contributed by atoms with Gasteiger partial charge in [0.1, 0.15) is 5.82 Å². The summed E-state index contributed by atoms with van der Waals surface area (Å²) in [7, 11) is -1.27. The van der Waals surface area contributed by atoms with Gasteiger partial charge in [0.25, 0.3) is 0 Å². The molecule has 6 nitrogen and oxygen atoms in total. The highest BCUT2D eigenvalue weighted by atomic mass is 32.2. The van der Waals surface area contributed by atoms with Crippen LogP contribution in [0.3, 0.4) is 0 Å². The second-order valence-electron chi connectivity index (χ2n) is 5.37. The monoisotopic (exact) mass is 358 g/mol. The molecular formula is C16H27FN4O2S. The molecule has 0 saturated heterocycles. The molecule has 0 aromatic heterocycles. The Bertz CT molecular complexity index is 635. The fraction of sp³-hybridized carbons (Fsp3) is 0.562. The summed E-state index contributed by atoms with van der Waals surface area (Å²) >= 11 is 0. The van der Waals surface area contributed by atoms with E-state index in [2.05, 4.69) is 15.0 Å². The third-order valence-electron chi connectivity index (χ3n) is 3.30. The first-order chi connectivity index (χ1) is 11.4. The van der Waals surface area contributed by atoms with E-state index in [1.54, 1.807) is 13.0 Å². The van der Waals surface area contributed by atoms with Gasteiger partial charge in [-0.15, -0.1) is 0 Å². The average molecular weight is 358 g/mol. The van der Waals surface area contributed by atoms with E-state index in [9.17, 15) is 12.8 Å². The summed E-state index contributed by atoms with van der Waals surface area (Å²) in [5.74, 6) is 0.529. The van der Waals surface area contributed by atoms with Gasteiger partial charge in [0.2, 0.25) is 10.0 Å². The molecule has 0 fully saturated rings. The van der Waals surface area contributed by atoms with E-state index in [-0.39, 0.29) is 11.6 Å². The Balaban J connectivity index is 2.55. The number of hydrogen-bond donors (Lipinski definition) is 2. The normalized spacial score (nSPS) is 12.2. The molecule has 0 atom stereocenters. The molecule has 0 heterocycles. The summed E-state index contributed by atoms with van der Waals surface area (Å²) in [5.41, 5.74) is 0.860. The fourth-order valence-corrected chi connectivity index (χ4v) is 2.71. The molecule has 136 valence electrons.